The quantitative estimate of drug-likeness (QED) is 0.815. The van der Waals surface area contributed by atoms with Gasteiger partial charge < -0.3 is 15.1 Å². The second kappa shape index (κ2) is 7.28. The Hall–Kier alpha value is -2.70. The highest BCUT2D eigenvalue weighted by molar-refractivity contribution is 5.78. The van der Waals surface area contributed by atoms with E-state index < -0.39 is 0 Å². The molecular formula is C22H28N6O. The minimum Gasteiger partial charge on any atom is -0.369 e. The van der Waals surface area contributed by atoms with Crippen LogP contribution in [0.15, 0.2) is 18.6 Å². The molecule has 4 heterocycles. The van der Waals surface area contributed by atoms with E-state index in [4.69, 9.17) is 4.98 Å². The number of carbonyl (C=O) groups is 1. The van der Waals surface area contributed by atoms with E-state index in [-0.39, 0.29) is 5.91 Å². The molecule has 2 aliphatic heterocycles. The molecule has 7 nitrogen and oxygen atoms in total. The van der Waals surface area contributed by atoms with Gasteiger partial charge in [0.15, 0.2) is 0 Å². The number of nitrogens with zero attached hydrogens (tertiary/aromatic N) is 5. The van der Waals surface area contributed by atoms with Crippen molar-refractivity contribution >= 4 is 17.5 Å². The van der Waals surface area contributed by atoms with Crippen LogP contribution in [0.5, 0.6) is 0 Å². The van der Waals surface area contributed by atoms with Gasteiger partial charge in [0.25, 0.3) is 0 Å². The molecule has 0 radical (unpaired) electrons. The van der Waals surface area contributed by atoms with Crippen molar-refractivity contribution in [3.8, 4) is 0 Å². The summed E-state index contributed by atoms with van der Waals surface area (Å²) in [7, 11) is 0. The molecule has 29 heavy (non-hydrogen) atoms. The largest absolute Gasteiger partial charge is 0.369 e. The molecule has 1 saturated carbocycles. The normalized spacial score (nSPS) is 18.6. The average molecular weight is 393 g/mol. The van der Waals surface area contributed by atoms with E-state index in [1.165, 1.54) is 29.5 Å². The van der Waals surface area contributed by atoms with E-state index >= 15 is 0 Å². The van der Waals surface area contributed by atoms with Crippen molar-refractivity contribution in [3.05, 3.63) is 41.0 Å². The lowest BCUT2D eigenvalue weighted by Crippen LogP contribution is -2.49. The molecule has 1 N–H and O–H groups in total. The SMILES string of the molecule is Cc1nc(NCC2CC2)c2c(c1C)CN(C(=O)CC1CN(c3ccncn3)C1)C2. The summed E-state index contributed by atoms with van der Waals surface area (Å²) in [5.74, 6) is 3.38. The summed E-state index contributed by atoms with van der Waals surface area (Å²) in [4.78, 5) is 30.2. The van der Waals surface area contributed by atoms with E-state index in [2.05, 4.69) is 34.0 Å². The van der Waals surface area contributed by atoms with Crippen molar-refractivity contribution in [1.82, 2.24) is 19.9 Å². The zero-order valence-electron chi connectivity index (χ0n) is 17.2. The second-order valence-electron chi connectivity index (χ2n) is 8.74. The number of aryl methyl sites for hydroxylation is 1. The number of aromatic nitrogens is 3. The first kappa shape index (κ1) is 18.3. The van der Waals surface area contributed by atoms with E-state index in [1.807, 2.05) is 11.0 Å². The van der Waals surface area contributed by atoms with Gasteiger partial charge in [-0.15, -0.1) is 0 Å². The number of hydrogen-bond donors (Lipinski definition) is 1. The molecule has 2 aromatic heterocycles. The summed E-state index contributed by atoms with van der Waals surface area (Å²) in [6.45, 7) is 8.36. The van der Waals surface area contributed by atoms with Crippen molar-refractivity contribution in [2.75, 3.05) is 29.9 Å². The number of fused-ring (bicyclic) bond motifs is 1. The fourth-order valence-corrected chi connectivity index (χ4v) is 4.35. The van der Waals surface area contributed by atoms with Gasteiger partial charge in [0.1, 0.15) is 18.0 Å². The number of amides is 1. The first-order chi connectivity index (χ1) is 14.1. The lowest BCUT2D eigenvalue weighted by atomic mass is 9.95. The summed E-state index contributed by atoms with van der Waals surface area (Å²) in [6.07, 6.45) is 6.57. The maximum atomic E-state index is 13.0. The van der Waals surface area contributed by atoms with Gasteiger partial charge in [0, 0.05) is 62.5 Å². The molecule has 0 atom stereocenters. The molecule has 1 saturated heterocycles. The standard InChI is InChI=1S/C22H28N6O/c1-14-15(2)26-22(24-8-16-3-4-16)19-12-28(11-18(14)19)21(29)7-17-9-27(10-17)20-5-6-23-13-25-20/h5-6,13,16-17H,3-4,7-12H2,1-2H3,(H,24,26). The molecule has 0 aromatic carbocycles. The lowest BCUT2D eigenvalue weighted by molar-refractivity contribution is -0.133. The first-order valence-electron chi connectivity index (χ1n) is 10.6. The van der Waals surface area contributed by atoms with E-state index in [9.17, 15) is 4.79 Å². The molecule has 152 valence electrons. The molecular weight excluding hydrogens is 364 g/mol. The maximum Gasteiger partial charge on any atom is 0.223 e. The number of hydrogen-bond acceptors (Lipinski definition) is 6. The predicted octanol–water partition coefficient (Wildman–Crippen LogP) is 2.68. The molecule has 2 aromatic rings. The number of rotatable bonds is 6. The van der Waals surface area contributed by atoms with Crippen LogP contribution in [0.3, 0.4) is 0 Å². The van der Waals surface area contributed by atoms with Crippen molar-refractivity contribution in [2.24, 2.45) is 11.8 Å². The summed E-state index contributed by atoms with van der Waals surface area (Å²) < 4.78 is 0. The Labute approximate surface area is 171 Å². The number of pyridine rings is 1. The summed E-state index contributed by atoms with van der Waals surface area (Å²) in [5.41, 5.74) is 4.81. The van der Waals surface area contributed by atoms with Crippen LogP contribution < -0.4 is 10.2 Å². The van der Waals surface area contributed by atoms with Crippen LogP contribution in [0, 0.1) is 25.7 Å². The highest BCUT2D eigenvalue weighted by Crippen LogP contribution is 2.35. The zero-order chi connectivity index (χ0) is 20.0. The van der Waals surface area contributed by atoms with E-state index in [0.29, 0.717) is 25.4 Å². The van der Waals surface area contributed by atoms with Crippen molar-refractivity contribution in [3.63, 3.8) is 0 Å². The van der Waals surface area contributed by atoms with Gasteiger partial charge in [0.05, 0.1) is 0 Å². The summed E-state index contributed by atoms with van der Waals surface area (Å²) in [5, 5.41) is 3.55. The van der Waals surface area contributed by atoms with Gasteiger partial charge >= 0.3 is 0 Å². The molecule has 3 aliphatic rings. The first-order valence-corrected chi connectivity index (χ1v) is 10.6. The van der Waals surface area contributed by atoms with Gasteiger partial charge in [-0.25, -0.2) is 15.0 Å². The Morgan fingerprint density at radius 1 is 1.17 bits per heavy atom. The Kier molecular flexibility index (Phi) is 4.60. The summed E-state index contributed by atoms with van der Waals surface area (Å²) in [6, 6.07) is 1.92. The van der Waals surface area contributed by atoms with Crippen LogP contribution >= 0.6 is 0 Å². The van der Waals surface area contributed by atoms with Crippen LogP contribution in [0.4, 0.5) is 11.6 Å². The molecule has 1 aliphatic carbocycles. The predicted molar refractivity (Wildman–Crippen MR) is 112 cm³/mol. The number of anilines is 2. The minimum atomic E-state index is 0.249. The number of nitrogens with one attached hydrogen (secondary N) is 1. The molecule has 1 amide bonds. The highest BCUT2D eigenvalue weighted by Gasteiger charge is 2.34. The Balaban J connectivity index is 1.21. The topological polar surface area (TPSA) is 74.2 Å². The molecule has 2 fully saturated rings. The van der Waals surface area contributed by atoms with Crippen LogP contribution in [-0.4, -0.2) is 45.4 Å². The van der Waals surface area contributed by atoms with Gasteiger partial charge in [0.2, 0.25) is 5.91 Å². The van der Waals surface area contributed by atoms with Gasteiger partial charge in [-0.2, -0.15) is 0 Å². The molecule has 5 rings (SSSR count). The van der Waals surface area contributed by atoms with E-state index in [1.54, 1.807) is 12.5 Å². The van der Waals surface area contributed by atoms with Gasteiger partial charge in [-0.1, -0.05) is 0 Å². The fraction of sp³-hybridized carbons (Fsp3) is 0.545. The number of carbonyl (C=O) groups excluding carboxylic acids is 1. The Morgan fingerprint density at radius 2 is 1.97 bits per heavy atom. The lowest BCUT2D eigenvalue weighted by Gasteiger charge is -2.40. The average Bonchev–Trinajstić information content (AvgIpc) is 3.42. The third-order valence-corrected chi connectivity index (χ3v) is 6.54. The Morgan fingerprint density at radius 3 is 2.69 bits per heavy atom. The Bertz CT molecular complexity index is 921. The smallest absolute Gasteiger partial charge is 0.223 e. The minimum absolute atomic E-state index is 0.249. The van der Waals surface area contributed by atoms with Crippen LogP contribution in [0.1, 0.15) is 41.6 Å². The van der Waals surface area contributed by atoms with Crippen LogP contribution in [-0.2, 0) is 17.9 Å². The third-order valence-electron chi connectivity index (χ3n) is 6.54. The zero-order valence-corrected chi connectivity index (χ0v) is 17.2. The van der Waals surface area contributed by atoms with Crippen molar-refractivity contribution < 1.29 is 4.79 Å². The van der Waals surface area contributed by atoms with Crippen LogP contribution in [0.25, 0.3) is 0 Å². The molecule has 0 bridgehead atoms. The van der Waals surface area contributed by atoms with E-state index in [0.717, 1.165) is 42.9 Å². The molecule has 7 heteroatoms. The van der Waals surface area contributed by atoms with Gasteiger partial charge in [-0.3, -0.25) is 4.79 Å². The van der Waals surface area contributed by atoms with Gasteiger partial charge in [-0.05, 0) is 49.8 Å². The molecule has 0 spiro atoms. The summed E-state index contributed by atoms with van der Waals surface area (Å²) >= 11 is 0. The monoisotopic (exact) mass is 392 g/mol. The van der Waals surface area contributed by atoms with Crippen molar-refractivity contribution in [1.29, 1.82) is 0 Å². The fourth-order valence-electron chi connectivity index (χ4n) is 4.35. The maximum absolute atomic E-state index is 13.0. The van der Waals surface area contributed by atoms with Crippen molar-refractivity contribution in [2.45, 2.75) is 46.2 Å². The van der Waals surface area contributed by atoms with Crippen LogP contribution in [0.2, 0.25) is 0 Å². The highest BCUT2D eigenvalue weighted by atomic mass is 16.2. The second-order valence-corrected chi connectivity index (χ2v) is 8.74. The molecule has 0 unspecified atom stereocenters. The third kappa shape index (κ3) is 3.66.